The largest absolute Gasteiger partial charge is 0.409 e. The lowest BCUT2D eigenvalue weighted by Gasteiger charge is -2.10. The van der Waals surface area contributed by atoms with Gasteiger partial charge in [0.05, 0.1) is 16.0 Å². The molecule has 1 amide bonds. The van der Waals surface area contributed by atoms with Gasteiger partial charge in [-0.1, -0.05) is 33.8 Å². The average Bonchev–Trinajstić information content (AvgIpc) is 3.39. The Bertz CT molecular complexity index is 1070. The molecule has 12 heteroatoms. The lowest BCUT2D eigenvalue weighted by Crippen LogP contribution is -2.25. The molecule has 0 atom stereocenters. The van der Waals surface area contributed by atoms with Crippen LogP contribution >= 0.6 is 11.3 Å². The van der Waals surface area contributed by atoms with Gasteiger partial charge in [0.25, 0.3) is 5.91 Å². The number of anilines is 1. The first-order valence-corrected chi connectivity index (χ1v) is 11.8. The molecule has 10 nitrogen and oxygen atoms in total. The van der Waals surface area contributed by atoms with E-state index in [2.05, 4.69) is 20.6 Å². The Labute approximate surface area is 177 Å². The highest BCUT2D eigenvalue weighted by molar-refractivity contribution is 7.90. The molecule has 1 aliphatic carbocycles. The summed E-state index contributed by atoms with van der Waals surface area (Å²) in [6, 6.07) is 5.80. The predicted molar refractivity (Wildman–Crippen MR) is 113 cm³/mol. The van der Waals surface area contributed by atoms with Gasteiger partial charge in [-0.05, 0) is 37.8 Å². The molecule has 1 saturated carbocycles. The first-order valence-electron chi connectivity index (χ1n) is 9.07. The van der Waals surface area contributed by atoms with Gasteiger partial charge in [-0.2, -0.15) is 0 Å². The van der Waals surface area contributed by atoms with Crippen LogP contribution in [-0.2, 0) is 19.5 Å². The van der Waals surface area contributed by atoms with Crippen LogP contribution in [0.5, 0.6) is 0 Å². The molecule has 160 valence electrons. The van der Waals surface area contributed by atoms with Crippen LogP contribution in [0, 0.1) is 0 Å². The van der Waals surface area contributed by atoms with E-state index in [4.69, 9.17) is 15.8 Å². The first kappa shape index (κ1) is 21.7. The van der Waals surface area contributed by atoms with Gasteiger partial charge in [0, 0.05) is 11.8 Å². The number of sulfone groups is 1. The molecule has 1 fully saturated rings. The number of carbonyl (C=O) groups excluding carboxylic acids is 1. The lowest BCUT2D eigenvalue weighted by atomic mass is 10.1. The van der Waals surface area contributed by atoms with E-state index in [1.54, 1.807) is 0 Å². The number of aromatic nitrogens is 1. The van der Waals surface area contributed by atoms with Crippen molar-refractivity contribution in [2.24, 2.45) is 16.0 Å². The van der Waals surface area contributed by atoms with Crippen LogP contribution in [0.15, 0.2) is 45.7 Å². The van der Waals surface area contributed by atoms with Gasteiger partial charge in [-0.3, -0.25) is 10.1 Å². The molecule has 0 saturated heterocycles. The van der Waals surface area contributed by atoms with Gasteiger partial charge in [0.15, 0.2) is 26.5 Å². The van der Waals surface area contributed by atoms with Gasteiger partial charge in [-0.25, -0.2) is 13.4 Å². The summed E-state index contributed by atoms with van der Waals surface area (Å²) in [5, 5.41) is 18.5. The van der Waals surface area contributed by atoms with E-state index in [-0.39, 0.29) is 27.7 Å². The van der Waals surface area contributed by atoms with Crippen LogP contribution < -0.4 is 11.1 Å². The third-order valence-electron chi connectivity index (χ3n) is 4.45. The van der Waals surface area contributed by atoms with E-state index < -0.39 is 15.7 Å². The van der Waals surface area contributed by atoms with E-state index in [9.17, 15) is 13.2 Å². The van der Waals surface area contributed by atoms with E-state index in [1.165, 1.54) is 30.5 Å². The molecule has 0 radical (unpaired) electrons. The Morgan fingerprint density at radius 2 is 1.97 bits per heavy atom. The molecule has 4 N–H and O–H groups in total. The third-order valence-corrected chi connectivity index (χ3v) is 6.52. The number of benzene rings is 1. The van der Waals surface area contributed by atoms with Gasteiger partial charge in [-0.15, -0.1) is 0 Å². The molecule has 1 aromatic carbocycles. The van der Waals surface area contributed by atoms with Crippen molar-refractivity contribution in [2.75, 3.05) is 11.6 Å². The molecule has 1 aromatic heterocycles. The van der Waals surface area contributed by atoms with Crippen molar-refractivity contribution in [3.8, 4) is 0 Å². The maximum absolute atomic E-state index is 12.9. The molecule has 2 aromatic rings. The smallest absolute Gasteiger partial charge is 0.280 e. The van der Waals surface area contributed by atoms with Crippen LogP contribution in [0.1, 0.15) is 36.1 Å². The molecular formula is C18H21N5O5S2. The van der Waals surface area contributed by atoms with Gasteiger partial charge < -0.3 is 15.8 Å². The minimum atomic E-state index is -3.37. The van der Waals surface area contributed by atoms with Crippen molar-refractivity contribution >= 4 is 43.8 Å². The van der Waals surface area contributed by atoms with Crippen LogP contribution in [0.4, 0.5) is 5.13 Å². The van der Waals surface area contributed by atoms with Crippen molar-refractivity contribution in [3.63, 3.8) is 0 Å². The SMILES string of the molecule is CS(=O)(=O)c1ccc(C(=NOC2CCCC2)C(=O)Nc2ncc(C(N)=NO)s2)cc1. The van der Waals surface area contributed by atoms with Gasteiger partial charge >= 0.3 is 0 Å². The minimum Gasteiger partial charge on any atom is -0.409 e. The summed E-state index contributed by atoms with van der Waals surface area (Å²) in [5.41, 5.74) is 5.90. The molecule has 3 rings (SSSR count). The summed E-state index contributed by atoms with van der Waals surface area (Å²) in [7, 11) is -3.37. The Balaban J connectivity index is 1.85. The number of nitrogens with one attached hydrogen (secondary N) is 1. The van der Waals surface area contributed by atoms with Crippen LogP contribution in [-0.4, -0.2) is 48.4 Å². The number of oxime groups is 2. The second-order valence-electron chi connectivity index (χ2n) is 6.72. The Morgan fingerprint density at radius 3 is 2.57 bits per heavy atom. The van der Waals surface area contributed by atoms with E-state index in [0.717, 1.165) is 43.3 Å². The topological polar surface area (TPSA) is 156 Å². The van der Waals surface area contributed by atoms with Crippen molar-refractivity contribution in [3.05, 3.63) is 40.9 Å². The molecule has 0 bridgehead atoms. The Kier molecular flexibility index (Phi) is 6.67. The Hall–Kier alpha value is -2.99. The standard InChI is InChI=1S/C18H21N5O5S2/c1-30(26,27)13-8-6-11(7-9-13)15(23-28-12-4-2-3-5-12)17(24)21-18-20-10-14(29-18)16(19)22-25/h6-10,12,25H,2-5H2,1H3,(H2,19,22)(H,20,21,24). The number of amidine groups is 1. The zero-order chi connectivity index (χ0) is 21.7. The second-order valence-corrected chi connectivity index (χ2v) is 9.76. The quantitative estimate of drug-likeness (QED) is 0.251. The number of nitrogens with two attached hydrogens (primary N) is 1. The second kappa shape index (κ2) is 9.22. The normalized spacial score (nSPS) is 15.9. The summed E-state index contributed by atoms with van der Waals surface area (Å²) in [4.78, 5) is 23.0. The molecule has 0 aliphatic heterocycles. The number of rotatable bonds is 7. The number of hydrogen-bond donors (Lipinski definition) is 3. The lowest BCUT2D eigenvalue weighted by molar-refractivity contribution is -0.110. The highest BCUT2D eigenvalue weighted by Gasteiger charge is 2.21. The minimum absolute atomic E-state index is 0.0116. The van der Waals surface area contributed by atoms with Crippen LogP contribution in [0.2, 0.25) is 0 Å². The maximum Gasteiger partial charge on any atom is 0.280 e. The maximum atomic E-state index is 12.9. The summed E-state index contributed by atoms with van der Waals surface area (Å²) >= 11 is 1.02. The highest BCUT2D eigenvalue weighted by atomic mass is 32.2. The van der Waals surface area contributed by atoms with Gasteiger partial charge in [0.2, 0.25) is 0 Å². The first-order chi connectivity index (χ1) is 14.3. The molecule has 1 heterocycles. The van der Waals surface area contributed by atoms with Gasteiger partial charge in [0.1, 0.15) is 6.10 Å². The van der Waals surface area contributed by atoms with E-state index in [0.29, 0.717) is 10.4 Å². The fraction of sp³-hybridized carbons (Fsp3) is 0.333. The van der Waals surface area contributed by atoms with Crippen molar-refractivity contribution in [1.29, 1.82) is 0 Å². The average molecular weight is 452 g/mol. The summed E-state index contributed by atoms with van der Waals surface area (Å²) in [5.74, 6) is -0.705. The highest BCUT2D eigenvalue weighted by Crippen LogP contribution is 2.22. The van der Waals surface area contributed by atoms with Crippen LogP contribution in [0.3, 0.4) is 0 Å². The molecule has 0 spiro atoms. The Morgan fingerprint density at radius 1 is 1.30 bits per heavy atom. The van der Waals surface area contributed by atoms with Crippen molar-refractivity contribution in [2.45, 2.75) is 36.7 Å². The number of hydrogen-bond acceptors (Lipinski definition) is 9. The zero-order valence-electron chi connectivity index (χ0n) is 16.1. The predicted octanol–water partition coefficient (Wildman–Crippen LogP) is 1.94. The van der Waals surface area contributed by atoms with Crippen LogP contribution in [0.25, 0.3) is 0 Å². The molecular weight excluding hydrogens is 430 g/mol. The number of nitrogens with zero attached hydrogens (tertiary/aromatic N) is 3. The summed E-state index contributed by atoms with van der Waals surface area (Å²) < 4.78 is 23.4. The summed E-state index contributed by atoms with van der Waals surface area (Å²) in [6.07, 6.45) is 6.22. The van der Waals surface area contributed by atoms with Crippen molar-refractivity contribution < 1.29 is 23.3 Å². The zero-order valence-corrected chi connectivity index (χ0v) is 17.7. The van der Waals surface area contributed by atoms with Crippen molar-refractivity contribution in [1.82, 2.24) is 4.98 Å². The summed E-state index contributed by atoms with van der Waals surface area (Å²) in [6.45, 7) is 0. The van der Waals surface area contributed by atoms with E-state index >= 15 is 0 Å². The van der Waals surface area contributed by atoms with E-state index in [1.807, 2.05) is 0 Å². The fourth-order valence-electron chi connectivity index (χ4n) is 2.86. The fourth-order valence-corrected chi connectivity index (χ4v) is 4.20. The number of amides is 1. The third kappa shape index (κ3) is 5.33. The number of carbonyl (C=O) groups is 1. The monoisotopic (exact) mass is 451 g/mol. The molecule has 0 unspecified atom stereocenters. The molecule has 30 heavy (non-hydrogen) atoms. The number of thiazole rings is 1. The molecule has 1 aliphatic rings.